The fourth-order valence-electron chi connectivity index (χ4n) is 8.38. The molecule has 0 spiro atoms. The smallest absolute Gasteiger partial charge is 0.0553 e. The van der Waals surface area contributed by atoms with Gasteiger partial charge in [-0.1, -0.05) is 121 Å². The van der Waals surface area contributed by atoms with Crippen LogP contribution in [0.5, 0.6) is 0 Å². The van der Waals surface area contributed by atoms with Crippen LogP contribution in [0, 0.1) is 0 Å². The largest absolute Gasteiger partial charge is 0.309 e. The number of nitrogens with zero attached hydrogens (tertiary/aromatic N) is 1. The molecule has 1 aromatic heterocycles. The molecule has 45 heavy (non-hydrogen) atoms. The van der Waals surface area contributed by atoms with Crippen LogP contribution in [0.15, 0.2) is 152 Å². The fourth-order valence-corrected chi connectivity index (χ4v) is 8.38. The maximum Gasteiger partial charge on any atom is 0.0553 e. The lowest BCUT2D eigenvalue weighted by atomic mass is 9.94. The molecule has 0 atom stereocenters. The highest BCUT2D eigenvalue weighted by molar-refractivity contribution is 6.30. The van der Waals surface area contributed by atoms with Crippen molar-refractivity contribution in [1.29, 1.82) is 0 Å². The standard InChI is InChI=1S/C44H25N/c1-2-11-27-23-41-40(22-26(27)10-1)44-37-19-9-18-36-32-15-6-8-17-34(32)39(43(36)37)25-42(44)45(41)28-20-21-35-31-14-4-3-12-29(31)30-13-5-7-16-33(30)38(35)24-28/h1-25H. The summed E-state index contributed by atoms with van der Waals surface area (Å²) in [6.07, 6.45) is 0. The lowest BCUT2D eigenvalue weighted by molar-refractivity contribution is 1.19. The average Bonchev–Trinajstić information content (AvgIpc) is 3.60. The predicted molar refractivity (Wildman–Crippen MR) is 193 cm³/mol. The topological polar surface area (TPSA) is 4.93 Å². The molecule has 1 aliphatic carbocycles. The van der Waals surface area contributed by atoms with Crippen molar-refractivity contribution in [3.63, 3.8) is 0 Å². The van der Waals surface area contributed by atoms with Crippen molar-refractivity contribution in [1.82, 2.24) is 4.57 Å². The maximum absolute atomic E-state index is 2.52. The molecular weight excluding hydrogens is 542 g/mol. The van der Waals surface area contributed by atoms with Crippen LogP contribution in [0.3, 0.4) is 0 Å². The molecule has 9 aromatic carbocycles. The molecular formula is C44H25N. The van der Waals surface area contributed by atoms with Crippen molar-refractivity contribution in [2.45, 2.75) is 0 Å². The van der Waals surface area contributed by atoms with E-state index in [0.29, 0.717) is 0 Å². The Kier molecular flexibility index (Phi) is 4.38. The molecule has 0 unspecified atom stereocenters. The number of fused-ring (bicyclic) bond motifs is 14. The van der Waals surface area contributed by atoms with Crippen LogP contribution in [-0.2, 0) is 0 Å². The van der Waals surface area contributed by atoms with Gasteiger partial charge in [0.1, 0.15) is 0 Å². The van der Waals surface area contributed by atoms with Gasteiger partial charge in [0, 0.05) is 16.5 Å². The van der Waals surface area contributed by atoms with Gasteiger partial charge in [-0.2, -0.15) is 0 Å². The van der Waals surface area contributed by atoms with Crippen molar-refractivity contribution >= 4 is 75.7 Å². The third-order valence-corrected chi connectivity index (χ3v) is 10.2. The minimum absolute atomic E-state index is 1.19. The van der Waals surface area contributed by atoms with Gasteiger partial charge in [-0.3, -0.25) is 0 Å². The Bertz CT molecular complexity index is 2890. The molecule has 0 bridgehead atoms. The lowest BCUT2D eigenvalue weighted by Gasteiger charge is -2.14. The van der Waals surface area contributed by atoms with Crippen molar-refractivity contribution < 1.29 is 0 Å². The normalized spacial score (nSPS) is 12.4. The summed E-state index contributed by atoms with van der Waals surface area (Å²) < 4.78 is 2.52. The molecule has 10 aromatic rings. The third kappa shape index (κ3) is 2.98. The molecule has 0 aliphatic heterocycles. The minimum Gasteiger partial charge on any atom is -0.309 e. The first-order chi connectivity index (χ1) is 22.3. The molecule has 0 saturated carbocycles. The quantitative estimate of drug-likeness (QED) is 0.174. The van der Waals surface area contributed by atoms with Gasteiger partial charge >= 0.3 is 0 Å². The summed E-state index contributed by atoms with van der Waals surface area (Å²) >= 11 is 0. The van der Waals surface area contributed by atoms with Gasteiger partial charge < -0.3 is 4.57 Å². The van der Waals surface area contributed by atoms with E-state index < -0.39 is 0 Å². The van der Waals surface area contributed by atoms with E-state index in [2.05, 4.69) is 156 Å². The first-order valence-corrected chi connectivity index (χ1v) is 15.7. The molecule has 1 heteroatoms. The zero-order valence-corrected chi connectivity index (χ0v) is 24.4. The first kappa shape index (κ1) is 23.5. The molecule has 0 radical (unpaired) electrons. The van der Waals surface area contributed by atoms with E-state index in [1.54, 1.807) is 0 Å². The molecule has 0 N–H and O–H groups in total. The lowest BCUT2D eigenvalue weighted by Crippen LogP contribution is -1.95. The van der Waals surface area contributed by atoms with E-state index in [9.17, 15) is 0 Å². The van der Waals surface area contributed by atoms with E-state index in [4.69, 9.17) is 0 Å². The average molecular weight is 568 g/mol. The van der Waals surface area contributed by atoms with E-state index in [-0.39, 0.29) is 0 Å². The maximum atomic E-state index is 2.52. The molecule has 1 nitrogen and oxygen atoms in total. The second kappa shape index (κ2) is 8.37. The number of hydrogen-bond donors (Lipinski definition) is 0. The Balaban J connectivity index is 1.34. The summed E-state index contributed by atoms with van der Waals surface area (Å²) in [6.45, 7) is 0. The molecule has 11 rings (SSSR count). The molecule has 1 aliphatic rings. The van der Waals surface area contributed by atoms with Crippen LogP contribution in [0.1, 0.15) is 0 Å². The van der Waals surface area contributed by atoms with Gasteiger partial charge in [-0.25, -0.2) is 0 Å². The fraction of sp³-hybridized carbons (Fsp3) is 0. The molecule has 1 heterocycles. The molecule has 206 valence electrons. The Morgan fingerprint density at radius 2 is 0.844 bits per heavy atom. The van der Waals surface area contributed by atoms with Crippen LogP contribution in [0.2, 0.25) is 0 Å². The minimum atomic E-state index is 1.19. The van der Waals surface area contributed by atoms with E-state index in [0.717, 1.165) is 0 Å². The van der Waals surface area contributed by atoms with Crippen molar-refractivity contribution in [3.8, 4) is 27.9 Å². The van der Waals surface area contributed by atoms with Crippen LogP contribution in [-0.4, -0.2) is 4.57 Å². The number of hydrogen-bond acceptors (Lipinski definition) is 0. The SMILES string of the molecule is c1ccc2c(c1)-c1cccc3c1c-2cc1c3c2cc3ccccc3cc2n1-c1ccc2c3ccccc3c3ccccc3c2c1. The second-order valence-electron chi connectivity index (χ2n) is 12.5. The second-order valence-corrected chi connectivity index (χ2v) is 12.5. The number of rotatable bonds is 1. The van der Waals surface area contributed by atoms with Gasteiger partial charge in [0.2, 0.25) is 0 Å². The van der Waals surface area contributed by atoms with E-state index in [1.807, 2.05) is 0 Å². The third-order valence-electron chi connectivity index (χ3n) is 10.2. The van der Waals surface area contributed by atoms with Gasteiger partial charge in [-0.05, 0) is 106 Å². The van der Waals surface area contributed by atoms with Gasteiger partial charge in [0.05, 0.1) is 11.0 Å². The van der Waals surface area contributed by atoms with Crippen molar-refractivity contribution in [3.05, 3.63) is 152 Å². The van der Waals surface area contributed by atoms with Crippen LogP contribution in [0.25, 0.3) is 104 Å². The van der Waals surface area contributed by atoms with Crippen LogP contribution in [0.4, 0.5) is 0 Å². The van der Waals surface area contributed by atoms with Crippen molar-refractivity contribution in [2.24, 2.45) is 0 Å². The highest BCUT2D eigenvalue weighted by atomic mass is 15.0. The van der Waals surface area contributed by atoms with Gasteiger partial charge in [-0.15, -0.1) is 0 Å². The van der Waals surface area contributed by atoms with Crippen molar-refractivity contribution in [2.75, 3.05) is 0 Å². The van der Waals surface area contributed by atoms with Crippen LogP contribution >= 0.6 is 0 Å². The van der Waals surface area contributed by atoms with Crippen LogP contribution < -0.4 is 0 Å². The molecule has 0 saturated heterocycles. The highest BCUT2D eigenvalue weighted by Crippen LogP contribution is 2.51. The first-order valence-electron chi connectivity index (χ1n) is 15.7. The summed E-state index contributed by atoms with van der Waals surface area (Å²) in [5.74, 6) is 0. The Hall–Kier alpha value is -5.92. The molecule has 0 fully saturated rings. The highest BCUT2D eigenvalue weighted by Gasteiger charge is 2.25. The summed E-state index contributed by atoms with van der Waals surface area (Å²) in [5.41, 5.74) is 9.00. The Labute approximate surface area is 259 Å². The molecule has 0 amide bonds. The Morgan fingerprint density at radius 3 is 1.58 bits per heavy atom. The summed E-state index contributed by atoms with van der Waals surface area (Å²) in [6, 6.07) is 56.5. The van der Waals surface area contributed by atoms with Gasteiger partial charge in [0.15, 0.2) is 0 Å². The zero-order chi connectivity index (χ0) is 29.2. The van der Waals surface area contributed by atoms with E-state index in [1.165, 1.54) is 104 Å². The van der Waals surface area contributed by atoms with E-state index >= 15 is 0 Å². The summed E-state index contributed by atoms with van der Waals surface area (Å²) in [4.78, 5) is 0. The summed E-state index contributed by atoms with van der Waals surface area (Å²) in [7, 11) is 0. The van der Waals surface area contributed by atoms with Gasteiger partial charge in [0.25, 0.3) is 0 Å². The zero-order valence-electron chi connectivity index (χ0n) is 24.4. The Morgan fingerprint density at radius 1 is 0.289 bits per heavy atom. The monoisotopic (exact) mass is 567 g/mol. The number of aromatic nitrogens is 1. The summed E-state index contributed by atoms with van der Waals surface area (Å²) in [5, 5.41) is 15.6. The number of benzene rings is 9. The predicted octanol–water partition coefficient (Wildman–Crippen LogP) is 12.2.